The molecule has 6 nitrogen and oxygen atoms in total. The first-order valence-corrected chi connectivity index (χ1v) is 10.9. The van der Waals surface area contributed by atoms with Crippen LogP contribution >= 0.6 is 0 Å². The number of carbonyl (C=O) groups is 1. The molecule has 1 aromatic rings. The molecule has 2 fully saturated rings. The number of hydrogen-bond donors (Lipinski definition) is 2. The van der Waals surface area contributed by atoms with Crippen molar-refractivity contribution in [3.05, 3.63) is 59.4 Å². The van der Waals surface area contributed by atoms with Gasteiger partial charge in [-0.15, -0.1) is 0 Å². The van der Waals surface area contributed by atoms with Gasteiger partial charge in [0, 0.05) is 51.1 Å². The molecular formula is C23H31F3N4O2. The third-order valence-electron chi connectivity index (χ3n) is 6.22. The van der Waals surface area contributed by atoms with Crippen LogP contribution in [0, 0.1) is 11.6 Å². The summed E-state index contributed by atoms with van der Waals surface area (Å²) in [5.74, 6) is -1.76. The molecule has 0 radical (unpaired) electrons. The smallest absolute Gasteiger partial charge is 0.260 e. The van der Waals surface area contributed by atoms with Crippen molar-refractivity contribution >= 4 is 5.91 Å². The van der Waals surface area contributed by atoms with E-state index in [4.69, 9.17) is 16.2 Å². The Kier molecular flexibility index (Phi) is 8.20. The fourth-order valence-corrected chi connectivity index (χ4v) is 4.20. The number of carbonyl (C=O) groups excluding carboxylic acids is 1. The van der Waals surface area contributed by atoms with E-state index < -0.39 is 23.2 Å². The highest BCUT2D eigenvalue weighted by atomic mass is 19.1. The number of piperidine rings is 2. The summed E-state index contributed by atoms with van der Waals surface area (Å²) in [6.07, 6.45) is 5.60. The number of nitrogens with zero attached hydrogens (tertiary/aromatic N) is 2. The lowest BCUT2D eigenvalue weighted by Gasteiger charge is -2.40. The maximum atomic E-state index is 15.4. The minimum atomic E-state index is -1.88. The highest BCUT2D eigenvalue weighted by Gasteiger charge is 2.44. The van der Waals surface area contributed by atoms with Crippen LogP contribution in [-0.4, -0.2) is 60.2 Å². The maximum absolute atomic E-state index is 15.4. The van der Waals surface area contributed by atoms with Gasteiger partial charge in [-0.25, -0.2) is 13.2 Å². The number of nitrogens with two attached hydrogens (primary N) is 2. The van der Waals surface area contributed by atoms with Gasteiger partial charge in [-0.05, 0) is 49.0 Å². The van der Waals surface area contributed by atoms with Crippen molar-refractivity contribution in [1.29, 1.82) is 0 Å². The van der Waals surface area contributed by atoms with Crippen molar-refractivity contribution in [3.63, 3.8) is 0 Å². The molecule has 176 valence electrons. The Labute approximate surface area is 186 Å². The van der Waals surface area contributed by atoms with E-state index in [9.17, 15) is 13.6 Å². The fraction of sp³-hybridized carbons (Fsp3) is 0.522. The summed E-state index contributed by atoms with van der Waals surface area (Å²) in [5.41, 5.74) is 9.83. The van der Waals surface area contributed by atoms with Gasteiger partial charge < -0.3 is 21.1 Å². The van der Waals surface area contributed by atoms with Gasteiger partial charge >= 0.3 is 0 Å². The molecule has 0 spiro atoms. The topological polar surface area (TPSA) is 84.8 Å². The fourth-order valence-electron chi connectivity index (χ4n) is 4.20. The molecular weight excluding hydrogens is 421 g/mol. The summed E-state index contributed by atoms with van der Waals surface area (Å²) in [6.45, 7) is 2.01. The van der Waals surface area contributed by atoms with Gasteiger partial charge in [0.1, 0.15) is 11.6 Å². The highest BCUT2D eigenvalue weighted by Crippen LogP contribution is 2.31. The largest absolute Gasteiger partial charge is 0.405 e. The van der Waals surface area contributed by atoms with Crippen molar-refractivity contribution in [3.8, 4) is 0 Å². The van der Waals surface area contributed by atoms with Crippen LogP contribution in [0.1, 0.15) is 31.2 Å². The minimum Gasteiger partial charge on any atom is -0.405 e. The highest BCUT2D eigenvalue weighted by molar-refractivity contribution is 5.85. The van der Waals surface area contributed by atoms with Crippen LogP contribution in [0.25, 0.3) is 0 Å². The summed E-state index contributed by atoms with van der Waals surface area (Å²) in [7, 11) is 0. The molecule has 2 heterocycles. The van der Waals surface area contributed by atoms with Crippen LogP contribution in [0.2, 0.25) is 0 Å². The van der Waals surface area contributed by atoms with Gasteiger partial charge in [-0.1, -0.05) is 6.07 Å². The average Bonchev–Trinajstić information content (AvgIpc) is 2.80. The van der Waals surface area contributed by atoms with Gasteiger partial charge in [0.15, 0.2) is 5.67 Å². The van der Waals surface area contributed by atoms with Gasteiger partial charge in [0.25, 0.3) is 5.91 Å². The Balaban J connectivity index is 1.46. The number of rotatable bonds is 7. The second-order valence-corrected chi connectivity index (χ2v) is 8.34. The predicted octanol–water partition coefficient (Wildman–Crippen LogP) is 2.59. The van der Waals surface area contributed by atoms with E-state index in [2.05, 4.69) is 0 Å². The molecule has 0 aliphatic carbocycles. The van der Waals surface area contributed by atoms with E-state index in [0.717, 1.165) is 5.57 Å². The average molecular weight is 453 g/mol. The molecule has 0 atom stereocenters. The Morgan fingerprint density at radius 1 is 1.12 bits per heavy atom. The number of amides is 1. The van der Waals surface area contributed by atoms with Crippen molar-refractivity contribution in [2.45, 2.75) is 44.1 Å². The molecule has 0 unspecified atom stereocenters. The van der Waals surface area contributed by atoms with Crippen LogP contribution in [-0.2, 0) is 16.1 Å². The quantitative estimate of drug-likeness (QED) is 0.622. The zero-order valence-corrected chi connectivity index (χ0v) is 18.1. The monoisotopic (exact) mass is 452 g/mol. The van der Waals surface area contributed by atoms with Crippen molar-refractivity contribution < 1.29 is 22.7 Å². The van der Waals surface area contributed by atoms with E-state index in [-0.39, 0.29) is 31.1 Å². The zero-order chi connectivity index (χ0) is 23.1. The number of benzene rings is 1. The van der Waals surface area contributed by atoms with Crippen LogP contribution in [0.15, 0.2) is 42.2 Å². The van der Waals surface area contributed by atoms with Crippen molar-refractivity contribution in [2.24, 2.45) is 11.5 Å². The van der Waals surface area contributed by atoms with E-state index in [1.54, 1.807) is 11.0 Å². The normalized spacial score (nSPS) is 20.7. The van der Waals surface area contributed by atoms with E-state index in [0.29, 0.717) is 45.6 Å². The lowest BCUT2D eigenvalue weighted by molar-refractivity contribution is -0.150. The molecule has 32 heavy (non-hydrogen) atoms. The lowest BCUT2D eigenvalue weighted by Crippen LogP contribution is -2.54. The van der Waals surface area contributed by atoms with E-state index in [1.807, 2.05) is 4.90 Å². The molecule has 0 saturated carbocycles. The number of ether oxygens (including phenoxy) is 1. The maximum Gasteiger partial charge on any atom is 0.260 e. The summed E-state index contributed by atoms with van der Waals surface area (Å²) >= 11 is 0. The van der Waals surface area contributed by atoms with E-state index in [1.165, 1.54) is 30.6 Å². The molecule has 3 rings (SSSR count). The Morgan fingerprint density at radius 3 is 2.31 bits per heavy atom. The second-order valence-electron chi connectivity index (χ2n) is 8.34. The number of hydrogen-bond acceptors (Lipinski definition) is 5. The van der Waals surface area contributed by atoms with Gasteiger partial charge in [0.05, 0.1) is 12.7 Å². The predicted molar refractivity (Wildman–Crippen MR) is 116 cm³/mol. The standard InChI is InChI=1S/C23H31F3N4O2/c24-20-2-1-3-21(25)19(20)16-32-18-5-10-30(11-6-18)22(31)23(26)7-12-29(13-8-23)15-17(14-28)4-9-27/h1-4,9,14,18H,5-8,10-13,15-16,27-28H2/b9-4-,17-14+. The number of likely N-dealkylation sites (tertiary alicyclic amines) is 2. The van der Waals surface area contributed by atoms with E-state index >= 15 is 4.39 Å². The van der Waals surface area contributed by atoms with Crippen molar-refractivity contribution in [2.75, 3.05) is 32.7 Å². The first-order valence-electron chi connectivity index (χ1n) is 10.9. The van der Waals surface area contributed by atoms with Crippen LogP contribution in [0.4, 0.5) is 13.2 Å². The van der Waals surface area contributed by atoms with Gasteiger partial charge in [0.2, 0.25) is 0 Å². The lowest BCUT2D eigenvalue weighted by atomic mass is 9.90. The molecule has 4 N–H and O–H groups in total. The van der Waals surface area contributed by atoms with Crippen molar-refractivity contribution in [1.82, 2.24) is 9.80 Å². The molecule has 2 aliphatic heterocycles. The Hall–Kier alpha value is -2.52. The molecule has 9 heteroatoms. The summed E-state index contributed by atoms with van der Waals surface area (Å²) in [5, 5.41) is 0. The Morgan fingerprint density at radius 2 is 1.75 bits per heavy atom. The molecule has 2 saturated heterocycles. The molecule has 1 amide bonds. The van der Waals surface area contributed by atoms with Gasteiger partial charge in [-0.2, -0.15) is 0 Å². The van der Waals surface area contributed by atoms with Gasteiger partial charge in [-0.3, -0.25) is 9.69 Å². The second kappa shape index (κ2) is 10.9. The van der Waals surface area contributed by atoms with Crippen LogP contribution in [0.3, 0.4) is 0 Å². The summed E-state index contributed by atoms with van der Waals surface area (Å²) < 4.78 is 48.6. The number of halogens is 3. The number of alkyl halides is 1. The first-order chi connectivity index (χ1) is 15.4. The summed E-state index contributed by atoms with van der Waals surface area (Å²) in [6, 6.07) is 3.69. The van der Waals surface area contributed by atoms with Crippen LogP contribution < -0.4 is 11.5 Å². The van der Waals surface area contributed by atoms with Crippen LogP contribution in [0.5, 0.6) is 0 Å². The molecule has 1 aromatic carbocycles. The third-order valence-corrected chi connectivity index (χ3v) is 6.22. The summed E-state index contributed by atoms with van der Waals surface area (Å²) in [4.78, 5) is 16.5. The molecule has 2 aliphatic rings. The zero-order valence-electron chi connectivity index (χ0n) is 18.1. The SMILES string of the molecule is N/C=C\C(=C/N)CN1CCC(F)(C(=O)N2CCC(OCc3c(F)cccc3F)CC2)CC1. The molecule has 0 bridgehead atoms. The minimum absolute atomic E-state index is 0.102. The third kappa shape index (κ3) is 5.83. The first kappa shape index (κ1) is 24.1. The Bertz CT molecular complexity index is 825. The molecule has 0 aromatic heterocycles.